The van der Waals surface area contributed by atoms with E-state index in [-0.39, 0.29) is 30.2 Å². The van der Waals surface area contributed by atoms with Crippen molar-refractivity contribution in [3.63, 3.8) is 0 Å². The molecule has 1 saturated heterocycles. The van der Waals surface area contributed by atoms with Gasteiger partial charge in [-0.1, -0.05) is 48.2 Å². The average Bonchev–Trinajstić information content (AvgIpc) is 3.09. The maximum atomic E-state index is 13.9. The van der Waals surface area contributed by atoms with Crippen LogP contribution in [0.3, 0.4) is 0 Å². The monoisotopic (exact) mass is 667 g/mol. The van der Waals surface area contributed by atoms with Gasteiger partial charge in [-0.2, -0.15) is 0 Å². The van der Waals surface area contributed by atoms with E-state index < -0.39 is 18.0 Å². The molecule has 4 amide bonds. The molecular weight excluding hydrogens is 632 g/mol. The van der Waals surface area contributed by atoms with Gasteiger partial charge in [0, 0.05) is 62.5 Å². The lowest BCUT2D eigenvalue weighted by Gasteiger charge is -2.37. The molecule has 4 aromatic rings. The largest absolute Gasteiger partial charge is 0.491 e. The standard InChI is InChI=1S/C37H35F2N5O5/c38-28-12-8-26(9-13-28)30-5-3-6-32(34(30)27-10-14-29(39)15-11-27)43-20-18-42(19-21-43)22-23-49-33-16-7-25(24-31(33)35(40)45)4-1-2-17-44(36(41)46)37(47)48/h3,5-16,24H,2,17-23H2,(H2,40,45)(H2,41,46)(H,47,48). The summed E-state index contributed by atoms with van der Waals surface area (Å²) >= 11 is 0. The van der Waals surface area contributed by atoms with Gasteiger partial charge in [-0.25, -0.2) is 23.3 Å². The summed E-state index contributed by atoms with van der Waals surface area (Å²) in [5.41, 5.74) is 15.9. The van der Waals surface area contributed by atoms with Crippen LogP contribution in [0.4, 0.5) is 24.1 Å². The Morgan fingerprint density at radius 2 is 1.51 bits per heavy atom. The Morgan fingerprint density at radius 1 is 0.857 bits per heavy atom. The van der Waals surface area contributed by atoms with Crippen LogP contribution in [0, 0.1) is 23.5 Å². The summed E-state index contributed by atoms with van der Waals surface area (Å²) in [6.45, 7) is 3.68. The zero-order chi connectivity index (χ0) is 34.9. The Labute approximate surface area is 282 Å². The predicted molar refractivity (Wildman–Crippen MR) is 182 cm³/mol. The molecule has 0 aromatic heterocycles. The van der Waals surface area contributed by atoms with Gasteiger partial charge in [0.05, 0.1) is 5.56 Å². The molecule has 5 rings (SSSR count). The lowest BCUT2D eigenvalue weighted by Crippen LogP contribution is -2.47. The minimum Gasteiger partial charge on any atom is -0.491 e. The second kappa shape index (κ2) is 15.8. The van der Waals surface area contributed by atoms with E-state index in [4.69, 9.17) is 21.3 Å². The molecule has 0 saturated carbocycles. The summed E-state index contributed by atoms with van der Waals surface area (Å²) in [4.78, 5) is 39.4. The number of amides is 4. The highest BCUT2D eigenvalue weighted by Crippen LogP contribution is 2.40. The van der Waals surface area contributed by atoms with Gasteiger partial charge in [0.25, 0.3) is 5.91 Å². The maximum Gasteiger partial charge on any atom is 0.415 e. The van der Waals surface area contributed by atoms with Crippen molar-refractivity contribution in [1.82, 2.24) is 9.80 Å². The van der Waals surface area contributed by atoms with E-state index >= 15 is 0 Å². The molecule has 12 heteroatoms. The molecule has 252 valence electrons. The van der Waals surface area contributed by atoms with E-state index in [1.165, 1.54) is 30.3 Å². The molecule has 1 aliphatic rings. The van der Waals surface area contributed by atoms with Crippen molar-refractivity contribution < 1.29 is 33.0 Å². The summed E-state index contributed by atoms with van der Waals surface area (Å²) in [6, 6.07) is 22.5. The average molecular weight is 668 g/mol. The van der Waals surface area contributed by atoms with Gasteiger partial charge in [-0.15, -0.1) is 0 Å². The van der Waals surface area contributed by atoms with Crippen LogP contribution in [0.25, 0.3) is 22.3 Å². The van der Waals surface area contributed by atoms with Crippen LogP contribution in [0.15, 0.2) is 84.9 Å². The fourth-order valence-electron chi connectivity index (χ4n) is 5.65. The Balaban J connectivity index is 1.21. The molecule has 0 bridgehead atoms. The van der Waals surface area contributed by atoms with Crippen molar-refractivity contribution in [3.8, 4) is 39.8 Å². The quantitative estimate of drug-likeness (QED) is 0.192. The number of halogens is 2. The Kier molecular flexibility index (Phi) is 11.1. The molecule has 0 radical (unpaired) electrons. The Morgan fingerprint density at radius 3 is 2.12 bits per heavy atom. The van der Waals surface area contributed by atoms with E-state index in [0.717, 1.165) is 54.1 Å². The van der Waals surface area contributed by atoms with Crippen LogP contribution in [-0.4, -0.2) is 78.8 Å². The third-order valence-corrected chi connectivity index (χ3v) is 8.14. The molecule has 1 heterocycles. The number of carboxylic acid groups (broad SMARTS) is 1. The normalized spacial score (nSPS) is 12.9. The Bertz CT molecular complexity index is 1870. The number of anilines is 1. The highest BCUT2D eigenvalue weighted by molar-refractivity contribution is 5.96. The maximum absolute atomic E-state index is 13.9. The summed E-state index contributed by atoms with van der Waals surface area (Å²) < 4.78 is 33.5. The third-order valence-electron chi connectivity index (χ3n) is 8.14. The molecule has 0 spiro atoms. The van der Waals surface area contributed by atoms with E-state index in [9.17, 15) is 23.2 Å². The van der Waals surface area contributed by atoms with Crippen LogP contribution in [0.5, 0.6) is 5.75 Å². The van der Waals surface area contributed by atoms with Gasteiger partial charge in [-0.3, -0.25) is 9.69 Å². The molecule has 0 atom stereocenters. The number of nitrogens with two attached hydrogens (primary N) is 2. The van der Waals surface area contributed by atoms with Crippen molar-refractivity contribution in [2.45, 2.75) is 6.42 Å². The number of ether oxygens (including phenoxy) is 1. The first-order valence-corrected chi connectivity index (χ1v) is 15.6. The first-order valence-electron chi connectivity index (χ1n) is 15.6. The number of primary amides is 2. The second-order valence-electron chi connectivity index (χ2n) is 11.3. The molecular formula is C37H35F2N5O5. The van der Waals surface area contributed by atoms with Gasteiger partial charge in [0.15, 0.2) is 0 Å². The summed E-state index contributed by atoms with van der Waals surface area (Å²) in [6.07, 6.45) is -1.40. The minimum absolute atomic E-state index is 0.0555. The lowest BCUT2D eigenvalue weighted by molar-refractivity contribution is 0.0995. The summed E-state index contributed by atoms with van der Waals surface area (Å²) in [7, 11) is 0. The number of rotatable bonds is 10. The summed E-state index contributed by atoms with van der Waals surface area (Å²) in [5.74, 6) is 4.59. The van der Waals surface area contributed by atoms with Gasteiger partial charge in [-0.05, 0) is 65.2 Å². The fraction of sp³-hybridized carbons (Fsp3) is 0.216. The molecule has 0 aliphatic carbocycles. The molecule has 0 unspecified atom stereocenters. The van der Waals surface area contributed by atoms with E-state index in [1.54, 1.807) is 36.4 Å². The molecule has 5 N–H and O–H groups in total. The predicted octanol–water partition coefficient (Wildman–Crippen LogP) is 5.40. The number of benzene rings is 4. The molecule has 4 aromatic carbocycles. The lowest BCUT2D eigenvalue weighted by atomic mass is 9.92. The molecule has 10 nitrogen and oxygen atoms in total. The van der Waals surface area contributed by atoms with Gasteiger partial charge in [0.2, 0.25) is 0 Å². The number of hydrogen-bond donors (Lipinski definition) is 3. The topological polar surface area (TPSA) is 142 Å². The zero-order valence-electron chi connectivity index (χ0n) is 26.6. The van der Waals surface area contributed by atoms with E-state index in [2.05, 4.69) is 27.7 Å². The van der Waals surface area contributed by atoms with Crippen LogP contribution in [0.2, 0.25) is 0 Å². The number of carbonyl (C=O) groups excluding carboxylic acids is 2. The molecule has 49 heavy (non-hydrogen) atoms. The summed E-state index contributed by atoms with van der Waals surface area (Å²) in [5, 5.41) is 9.00. The molecule has 1 fully saturated rings. The first kappa shape index (κ1) is 34.4. The molecule has 1 aliphatic heterocycles. The highest BCUT2D eigenvalue weighted by atomic mass is 19.1. The van der Waals surface area contributed by atoms with E-state index in [1.807, 2.05) is 12.1 Å². The highest BCUT2D eigenvalue weighted by Gasteiger charge is 2.22. The van der Waals surface area contributed by atoms with Gasteiger partial charge in [0.1, 0.15) is 24.0 Å². The van der Waals surface area contributed by atoms with Crippen molar-refractivity contribution in [1.29, 1.82) is 0 Å². The van der Waals surface area contributed by atoms with Crippen molar-refractivity contribution in [2.75, 3.05) is 50.8 Å². The zero-order valence-corrected chi connectivity index (χ0v) is 26.6. The van der Waals surface area contributed by atoms with Crippen LogP contribution >= 0.6 is 0 Å². The van der Waals surface area contributed by atoms with Crippen LogP contribution in [0.1, 0.15) is 22.3 Å². The number of imide groups is 1. The minimum atomic E-state index is -1.46. The first-order chi connectivity index (χ1) is 23.6. The second-order valence-corrected chi connectivity index (χ2v) is 11.3. The van der Waals surface area contributed by atoms with Crippen LogP contribution < -0.4 is 21.1 Å². The fourth-order valence-corrected chi connectivity index (χ4v) is 5.65. The third kappa shape index (κ3) is 8.71. The van der Waals surface area contributed by atoms with Crippen LogP contribution in [-0.2, 0) is 0 Å². The van der Waals surface area contributed by atoms with Crippen molar-refractivity contribution in [3.05, 3.63) is 108 Å². The number of urea groups is 1. The van der Waals surface area contributed by atoms with Crippen molar-refractivity contribution in [2.24, 2.45) is 11.5 Å². The number of hydrogen-bond acceptors (Lipinski definition) is 6. The Hall–Kier alpha value is -5.93. The number of piperazine rings is 1. The smallest absolute Gasteiger partial charge is 0.415 e. The van der Waals surface area contributed by atoms with Crippen molar-refractivity contribution >= 4 is 23.7 Å². The van der Waals surface area contributed by atoms with Gasteiger partial charge < -0.3 is 26.2 Å². The van der Waals surface area contributed by atoms with E-state index in [0.29, 0.717) is 29.4 Å². The SMILES string of the molecule is NC(=O)c1cc(C#CCCN(C(N)=O)C(=O)O)ccc1OCCN1CCN(c2cccc(-c3ccc(F)cc3)c2-c2ccc(F)cc2)CC1. The van der Waals surface area contributed by atoms with Gasteiger partial charge >= 0.3 is 12.1 Å². The number of carbonyl (C=O) groups is 3. The number of nitrogens with zero attached hydrogens (tertiary/aromatic N) is 3.